The second-order valence-corrected chi connectivity index (χ2v) is 5.49. The van der Waals surface area contributed by atoms with Crippen molar-refractivity contribution in [1.82, 2.24) is 0 Å². The molecule has 0 saturated carbocycles. The Bertz CT molecular complexity index is 583. The fourth-order valence-electron chi connectivity index (χ4n) is 2.46. The smallest absolute Gasteiger partial charge is 0.0463 e. The Morgan fingerprint density at radius 1 is 1.00 bits per heavy atom. The molecule has 0 nitrogen and oxygen atoms in total. The summed E-state index contributed by atoms with van der Waals surface area (Å²) in [6.07, 6.45) is 4.66. The predicted molar refractivity (Wildman–Crippen MR) is 67.1 cm³/mol. The molecule has 0 N–H and O–H groups in total. The SMILES string of the molecule is C1=CC2SC2c2ccc3ccccc3c21. The Kier molecular flexibility index (Phi) is 1.43. The van der Waals surface area contributed by atoms with Crippen LogP contribution in [0.15, 0.2) is 42.5 Å². The third-order valence-corrected chi connectivity index (χ3v) is 4.56. The molecule has 1 aliphatic carbocycles. The molecule has 0 radical (unpaired) electrons. The van der Waals surface area contributed by atoms with Crippen LogP contribution >= 0.6 is 11.8 Å². The third kappa shape index (κ3) is 1.04. The number of fused-ring (bicyclic) bond motifs is 5. The normalized spacial score (nSPS) is 26.1. The average molecular weight is 210 g/mol. The minimum absolute atomic E-state index is 0.745. The molecule has 15 heavy (non-hydrogen) atoms. The first-order valence-electron chi connectivity index (χ1n) is 5.29. The molecular formula is C14H10S. The van der Waals surface area contributed by atoms with E-state index in [0.29, 0.717) is 0 Å². The topological polar surface area (TPSA) is 0 Å². The molecule has 1 heterocycles. The van der Waals surface area contributed by atoms with Crippen molar-refractivity contribution in [2.45, 2.75) is 10.5 Å². The van der Waals surface area contributed by atoms with Crippen LogP contribution in [0.4, 0.5) is 0 Å². The van der Waals surface area contributed by atoms with Crippen LogP contribution in [0.3, 0.4) is 0 Å². The summed E-state index contributed by atoms with van der Waals surface area (Å²) in [5.41, 5.74) is 2.98. The maximum Gasteiger partial charge on any atom is 0.0463 e. The molecule has 2 atom stereocenters. The molecule has 72 valence electrons. The van der Waals surface area contributed by atoms with Gasteiger partial charge >= 0.3 is 0 Å². The maximum absolute atomic E-state index is 2.35. The van der Waals surface area contributed by atoms with Gasteiger partial charge in [0, 0.05) is 10.5 Å². The molecule has 1 aliphatic heterocycles. The second-order valence-electron chi connectivity index (χ2n) is 4.17. The number of benzene rings is 2. The zero-order chi connectivity index (χ0) is 9.83. The summed E-state index contributed by atoms with van der Waals surface area (Å²) in [6.45, 7) is 0. The van der Waals surface area contributed by atoms with Gasteiger partial charge in [-0.05, 0) is 21.9 Å². The minimum atomic E-state index is 0.745. The van der Waals surface area contributed by atoms with E-state index < -0.39 is 0 Å². The van der Waals surface area contributed by atoms with Crippen molar-refractivity contribution in [3.8, 4) is 0 Å². The Morgan fingerprint density at radius 3 is 2.93 bits per heavy atom. The molecular weight excluding hydrogens is 200 g/mol. The van der Waals surface area contributed by atoms with Gasteiger partial charge in [-0.1, -0.05) is 48.6 Å². The highest BCUT2D eigenvalue weighted by Gasteiger charge is 2.40. The molecule has 0 bridgehead atoms. The van der Waals surface area contributed by atoms with Crippen molar-refractivity contribution in [3.63, 3.8) is 0 Å². The van der Waals surface area contributed by atoms with E-state index in [1.165, 1.54) is 21.9 Å². The monoisotopic (exact) mass is 210 g/mol. The van der Waals surface area contributed by atoms with E-state index >= 15 is 0 Å². The van der Waals surface area contributed by atoms with E-state index in [1.54, 1.807) is 0 Å². The molecule has 2 aromatic rings. The summed E-state index contributed by atoms with van der Waals surface area (Å²) in [4.78, 5) is 0. The number of rotatable bonds is 0. The summed E-state index contributed by atoms with van der Waals surface area (Å²) >= 11 is 2.06. The van der Waals surface area contributed by atoms with Crippen LogP contribution in [0.2, 0.25) is 0 Å². The summed E-state index contributed by atoms with van der Waals surface area (Å²) in [5, 5.41) is 4.26. The molecule has 0 amide bonds. The Hall–Kier alpha value is -1.21. The van der Waals surface area contributed by atoms with Gasteiger partial charge in [0.25, 0.3) is 0 Å². The van der Waals surface area contributed by atoms with Gasteiger partial charge in [-0.25, -0.2) is 0 Å². The lowest BCUT2D eigenvalue weighted by Crippen LogP contribution is -1.95. The minimum Gasteiger partial charge on any atom is -0.143 e. The number of thioether (sulfide) groups is 1. The molecule has 2 aliphatic rings. The Balaban J connectivity index is 2.13. The molecule has 1 heteroatoms. The summed E-state index contributed by atoms with van der Waals surface area (Å²) in [5.74, 6) is 0. The van der Waals surface area contributed by atoms with E-state index in [1.807, 2.05) is 0 Å². The Labute approximate surface area is 93.0 Å². The first-order chi connectivity index (χ1) is 7.43. The molecule has 2 aromatic carbocycles. The predicted octanol–water partition coefficient (Wildman–Crippen LogP) is 4.02. The second kappa shape index (κ2) is 2.67. The lowest BCUT2D eigenvalue weighted by atomic mass is 9.92. The van der Waals surface area contributed by atoms with E-state index in [-0.39, 0.29) is 0 Å². The highest BCUT2D eigenvalue weighted by molar-refractivity contribution is 8.07. The average Bonchev–Trinajstić information content (AvgIpc) is 3.07. The van der Waals surface area contributed by atoms with Gasteiger partial charge < -0.3 is 0 Å². The summed E-state index contributed by atoms with van der Waals surface area (Å²) in [7, 11) is 0. The molecule has 4 rings (SSSR count). The fourth-order valence-corrected chi connectivity index (χ4v) is 3.46. The lowest BCUT2D eigenvalue weighted by molar-refractivity contribution is 1.10. The number of hydrogen-bond acceptors (Lipinski definition) is 1. The van der Waals surface area contributed by atoms with E-state index in [9.17, 15) is 0 Å². The highest BCUT2D eigenvalue weighted by Crippen LogP contribution is 2.59. The largest absolute Gasteiger partial charge is 0.143 e. The van der Waals surface area contributed by atoms with Crippen molar-refractivity contribution in [2.24, 2.45) is 0 Å². The Morgan fingerprint density at radius 2 is 1.93 bits per heavy atom. The van der Waals surface area contributed by atoms with Crippen molar-refractivity contribution in [2.75, 3.05) is 0 Å². The highest BCUT2D eigenvalue weighted by atomic mass is 32.2. The third-order valence-electron chi connectivity index (χ3n) is 3.29. The molecule has 2 unspecified atom stereocenters. The van der Waals surface area contributed by atoms with Gasteiger partial charge in [0.2, 0.25) is 0 Å². The molecule has 1 saturated heterocycles. The van der Waals surface area contributed by atoms with Crippen LogP contribution in [0, 0.1) is 0 Å². The van der Waals surface area contributed by atoms with Gasteiger partial charge in [0.15, 0.2) is 0 Å². The van der Waals surface area contributed by atoms with Gasteiger partial charge in [-0.15, -0.1) is 11.8 Å². The van der Waals surface area contributed by atoms with Crippen LogP contribution in [-0.2, 0) is 0 Å². The van der Waals surface area contributed by atoms with Crippen LogP contribution in [0.5, 0.6) is 0 Å². The number of hydrogen-bond donors (Lipinski definition) is 0. The first-order valence-corrected chi connectivity index (χ1v) is 6.23. The fraction of sp³-hybridized carbons (Fsp3) is 0.143. The van der Waals surface area contributed by atoms with Gasteiger partial charge in [0.1, 0.15) is 0 Å². The van der Waals surface area contributed by atoms with Crippen LogP contribution in [-0.4, -0.2) is 5.25 Å². The quantitative estimate of drug-likeness (QED) is 0.592. The maximum atomic E-state index is 2.35. The summed E-state index contributed by atoms with van der Waals surface area (Å²) in [6, 6.07) is 13.2. The molecule has 1 fully saturated rings. The van der Waals surface area contributed by atoms with Crippen molar-refractivity contribution in [1.29, 1.82) is 0 Å². The van der Waals surface area contributed by atoms with Crippen LogP contribution in [0.25, 0.3) is 16.8 Å². The van der Waals surface area contributed by atoms with Crippen LogP contribution < -0.4 is 0 Å². The van der Waals surface area contributed by atoms with Gasteiger partial charge in [-0.2, -0.15) is 0 Å². The molecule has 0 spiro atoms. The van der Waals surface area contributed by atoms with E-state index in [0.717, 1.165) is 10.5 Å². The van der Waals surface area contributed by atoms with E-state index in [2.05, 4.69) is 60.3 Å². The van der Waals surface area contributed by atoms with Gasteiger partial charge in [-0.3, -0.25) is 0 Å². The zero-order valence-corrected chi connectivity index (χ0v) is 9.00. The first kappa shape index (κ1) is 8.00. The molecule has 0 aromatic heterocycles. The van der Waals surface area contributed by atoms with Gasteiger partial charge in [0.05, 0.1) is 0 Å². The van der Waals surface area contributed by atoms with Crippen molar-refractivity contribution in [3.05, 3.63) is 53.6 Å². The lowest BCUT2D eigenvalue weighted by Gasteiger charge is -2.11. The van der Waals surface area contributed by atoms with E-state index in [4.69, 9.17) is 0 Å². The summed E-state index contributed by atoms with van der Waals surface area (Å²) < 4.78 is 0. The zero-order valence-electron chi connectivity index (χ0n) is 8.18. The van der Waals surface area contributed by atoms with Crippen LogP contribution in [0.1, 0.15) is 16.4 Å². The standard InChI is InChI=1S/C14H10S/c1-2-4-10-9(3-1)5-6-12-11(10)7-8-13-14(12)15-13/h1-8,13-14H. The van der Waals surface area contributed by atoms with Crippen molar-refractivity contribution >= 4 is 28.6 Å². The van der Waals surface area contributed by atoms with Crippen molar-refractivity contribution < 1.29 is 0 Å².